The Bertz CT molecular complexity index is 797. The minimum Gasteiger partial charge on any atom is -0.464 e. The molecule has 1 atom stereocenters. The molecular weight excluding hydrogens is 308 g/mol. The third-order valence-corrected chi connectivity index (χ3v) is 4.21. The van der Waals surface area contributed by atoms with Crippen molar-refractivity contribution in [2.24, 2.45) is 0 Å². The molecule has 0 saturated heterocycles. The van der Waals surface area contributed by atoms with Gasteiger partial charge in [-0.2, -0.15) is 5.10 Å². The van der Waals surface area contributed by atoms with Gasteiger partial charge in [0.1, 0.15) is 5.69 Å². The van der Waals surface area contributed by atoms with Gasteiger partial charge in [0.15, 0.2) is 5.82 Å². The molecule has 24 heavy (non-hydrogen) atoms. The lowest BCUT2D eigenvalue weighted by Crippen LogP contribution is -2.24. The number of nitrogens with one attached hydrogen (secondary N) is 1. The molecule has 0 aliphatic carbocycles. The van der Waals surface area contributed by atoms with Crippen molar-refractivity contribution in [3.63, 3.8) is 0 Å². The summed E-state index contributed by atoms with van der Waals surface area (Å²) in [6.45, 7) is 4.87. The van der Waals surface area contributed by atoms with E-state index in [0.717, 1.165) is 24.2 Å². The Hall–Kier alpha value is -2.70. The molecule has 1 amide bonds. The zero-order valence-corrected chi connectivity index (χ0v) is 14.0. The van der Waals surface area contributed by atoms with Crippen LogP contribution in [-0.2, 0) is 16.1 Å². The molecule has 7 nitrogen and oxygen atoms in total. The number of hydrogen-bond acceptors (Lipinski definition) is 5. The van der Waals surface area contributed by atoms with Crippen molar-refractivity contribution in [2.45, 2.75) is 39.2 Å². The number of carbonyl (C=O) groups is 2. The van der Waals surface area contributed by atoms with Crippen molar-refractivity contribution in [3.05, 3.63) is 40.8 Å². The molecule has 7 heteroatoms. The summed E-state index contributed by atoms with van der Waals surface area (Å²) in [5.74, 6) is -0.217. The highest BCUT2D eigenvalue weighted by Gasteiger charge is 2.32. The number of nitrogens with zero attached hydrogens (tertiary/aromatic N) is 3. The van der Waals surface area contributed by atoms with E-state index in [1.54, 1.807) is 12.1 Å². The summed E-state index contributed by atoms with van der Waals surface area (Å²) < 4.78 is 6.64. The van der Waals surface area contributed by atoms with Crippen molar-refractivity contribution in [1.82, 2.24) is 14.8 Å². The molecule has 1 unspecified atom stereocenters. The van der Waals surface area contributed by atoms with Gasteiger partial charge in [0.05, 0.1) is 7.11 Å². The molecule has 2 aromatic heterocycles. The molecule has 1 aliphatic rings. The molecule has 0 bridgehead atoms. The number of pyridine rings is 1. The number of hydrogen-bond donors (Lipinski definition) is 1. The molecular formula is C17H20N4O3. The smallest absolute Gasteiger partial charge is 0.356 e. The van der Waals surface area contributed by atoms with E-state index in [0.29, 0.717) is 11.5 Å². The lowest BCUT2D eigenvalue weighted by molar-refractivity contribution is -0.116. The van der Waals surface area contributed by atoms with Crippen LogP contribution in [0.15, 0.2) is 18.2 Å². The van der Waals surface area contributed by atoms with Gasteiger partial charge in [-0.3, -0.25) is 9.48 Å². The topological polar surface area (TPSA) is 86.1 Å². The third kappa shape index (κ3) is 2.77. The van der Waals surface area contributed by atoms with E-state index in [1.165, 1.54) is 7.11 Å². The Kier molecular flexibility index (Phi) is 4.33. The van der Waals surface area contributed by atoms with Crippen LogP contribution in [0.3, 0.4) is 0 Å². The SMILES string of the molecule is CCCn1nc2c(c1C)C(c1cccc(C(=O)OC)n1)CC(=O)N2. The zero-order chi connectivity index (χ0) is 17.3. The lowest BCUT2D eigenvalue weighted by Gasteiger charge is -2.22. The van der Waals surface area contributed by atoms with Crippen LogP contribution >= 0.6 is 0 Å². The van der Waals surface area contributed by atoms with Crippen LogP contribution in [0.2, 0.25) is 0 Å². The maximum Gasteiger partial charge on any atom is 0.356 e. The molecule has 0 fully saturated rings. The van der Waals surface area contributed by atoms with Crippen LogP contribution in [0.1, 0.15) is 53.1 Å². The number of aryl methyl sites for hydroxylation is 1. The molecule has 1 N–H and O–H groups in total. The van der Waals surface area contributed by atoms with E-state index in [4.69, 9.17) is 4.74 Å². The summed E-state index contributed by atoms with van der Waals surface area (Å²) in [6.07, 6.45) is 1.24. The van der Waals surface area contributed by atoms with E-state index in [1.807, 2.05) is 17.7 Å². The average molecular weight is 328 g/mol. The summed E-state index contributed by atoms with van der Waals surface area (Å²) in [5.41, 5.74) is 2.90. The monoisotopic (exact) mass is 328 g/mol. The van der Waals surface area contributed by atoms with Crippen LogP contribution in [0.25, 0.3) is 0 Å². The first-order valence-electron chi connectivity index (χ1n) is 7.97. The van der Waals surface area contributed by atoms with Gasteiger partial charge in [-0.05, 0) is 25.5 Å². The van der Waals surface area contributed by atoms with E-state index in [9.17, 15) is 9.59 Å². The van der Waals surface area contributed by atoms with E-state index < -0.39 is 5.97 Å². The second-order valence-electron chi connectivity index (χ2n) is 5.81. The van der Waals surface area contributed by atoms with Gasteiger partial charge in [-0.25, -0.2) is 9.78 Å². The number of anilines is 1. The average Bonchev–Trinajstić information content (AvgIpc) is 2.89. The van der Waals surface area contributed by atoms with Crippen molar-refractivity contribution in [1.29, 1.82) is 0 Å². The largest absolute Gasteiger partial charge is 0.464 e. The summed E-state index contributed by atoms with van der Waals surface area (Å²) in [7, 11) is 1.32. The summed E-state index contributed by atoms with van der Waals surface area (Å²) in [5, 5.41) is 7.34. The molecule has 126 valence electrons. The van der Waals surface area contributed by atoms with Gasteiger partial charge in [-0.1, -0.05) is 13.0 Å². The predicted octanol–water partition coefficient (Wildman–Crippen LogP) is 2.26. The summed E-state index contributed by atoms with van der Waals surface area (Å²) in [6, 6.07) is 5.19. The maximum absolute atomic E-state index is 12.1. The quantitative estimate of drug-likeness (QED) is 0.870. The van der Waals surface area contributed by atoms with Gasteiger partial charge in [-0.15, -0.1) is 0 Å². The fraction of sp³-hybridized carbons (Fsp3) is 0.412. The summed E-state index contributed by atoms with van der Waals surface area (Å²) >= 11 is 0. The first-order chi connectivity index (χ1) is 11.5. The molecule has 3 rings (SSSR count). The van der Waals surface area contributed by atoms with E-state index >= 15 is 0 Å². The van der Waals surface area contributed by atoms with Crippen molar-refractivity contribution < 1.29 is 14.3 Å². The Balaban J connectivity index is 2.07. The molecule has 3 heterocycles. The zero-order valence-electron chi connectivity index (χ0n) is 14.0. The third-order valence-electron chi connectivity index (χ3n) is 4.21. The molecule has 2 aromatic rings. The lowest BCUT2D eigenvalue weighted by atomic mass is 9.88. The van der Waals surface area contributed by atoms with Gasteiger partial charge in [0.25, 0.3) is 0 Å². The minimum absolute atomic E-state index is 0.0982. The van der Waals surface area contributed by atoms with Crippen molar-refractivity contribution in [3.8, 4) is 0 Å². The van der Waals surface area contributed by atoms with Crippen LogP contribution in [-0.4, -0.2) is 33.8 Å². The number of fused-ring (bicyclic) bond motifs is 1. The Labute approximate surface area is 140 Å². The fourth-order valence-electron chi connectivity index (χ4n) is 3.09. The molecule has 0 radical (unpaired) electrons. The van der Waals surface area contributed by atoms with Gasteiger partial charge >= 0.3 is 5.97 Å². The first kappa shape index (κ1) is 16.2. The maximum atomic E-state index is 12.1. The van der Waals surface area contributed by atoms with Crippen LogP contribution in [0, 0.1) is 6.92 Å². The number of rotatable bonds is 4. The van der Waals surface area contributed by atoms with Gasteiger partial charge in [0.2, 0.25) is 5.91 Å². The van der Waals surface area contributed by atoms with Crippen molar-refractivity contribution >= 4 is 17.7 Å². The number of carbonyl (C=O) groups excluding carboxylic acids is 2. The van der Waals surface area contributed by atoms with Gasteiger partial charge in [0, 0.05) is 35.8 Å². The summed E-state index contributed by atoms with van der Waals surface area (Å²) in [4.78, 5) is 28.2. The van der Waals surface area contributed by atoms with E-state index in [-0.39, 0.29) is 23.9 Å². The highest BCUT2D eigenvalue weighted by atomic mass is 16.5. The second kappa shape index (κ2) is 6.43. The van der Waals surface area contributed by atoms with Crippen LogP contribution in [0.5, 0.6) is 0 Å². The van der Waals surface area contributed by atoms with Crippen molar-refractivity contribution in [2.75, 3.05) is 12.4 Å². The standard InChI is InChI=1S/C17H20N4O3/c1-4-8-21-10(2)15-11(9-14(22)19-16(15)20-21)12-6-5-7-13(18-12)17(23)24-3/h5-7,11H,4,8-9H2,1-3H3,(H,19,20,22). The Morgan fingerprint density at radius 1 is 1.46 bits per heavy atom. The highest BCUT2D eigenvalue weighted by Crippen LogP contribution is 2.38. The first-order valence-corrected chi connectivity index (χ1v) is 7.97. The van der Waals surface area contributed by atoms with Crippen LogP contribution < -0.4 is 5.32 Å². The number of aromatic nitrogens is 3. The number of ether oxygens (including phenoxy) is 1. The fourth-order valence-corrected chi connectivity index (χ4v) is 3.09. The highest BCUT2D eigenvalue weighted by molar-refractivity contribution is 5.94. The second-order valence-corrected chi connectivity index (χ2v) is 5.81. The molecule has 0 saturated carbocycles. The molecule has 0 aromatic carbocycles. The van der Waals surface area contributed by atoms with Crippen LogP contribution in [0.4, 0.5) is 5.82 Å². The van der Waals surface area contributed by atoms with Gasteiger partial charge < -0.3 is 10.1 Å². The number of amides is 1. The normalized spacial score (nSPS) is 16.5. The number of methoxy groups -OCH3 is 1. The Morgan fingerprint density at radius 2 is 2.25 bits per heavy atom. The minimum atomic E-state index is -0.490. The number of esters is 1. The molecule has 1 aliphatic heterocycles. The molecule has 0 spiro atoms. The van der Waals surface area contributed by atoms with E-state index in [2.05, 4.69) is 22.3 Å². The predicted molar refractivity (Wildman–Crippen MR) is 87.9 cm³/mol. The Morgan fingerprint density at radius 3 is 2.96 bits per heavy atom.